The number of aliphatic hydroxyl groups is 6. The Morgan fingerprint density at radius 3 is 1.86 bits per heavy atom. The number of carbonyl (C=O) groups excluding carboxylic acids is 1. The third kappa shape index (κ3) is 9.37. The van der Waals surface area contributed by atoms with Crippen molar-refractivity contribution in [1.82, 2.24) is 5.32 Å². The van der Waals surface area contributed by atoms with Crippen LogP contribution in [0.1, 0.15) is 65.2 Å². The fraction of sp³-hybridized carbons (Fsp3) is 0.917. The summed E-state index contributed by atoms with van der Waals surface area (Å²) >= 11 is 0. The highest BCUT2D eigenvalue weighted by Gasteiger charge is 2.49. The highest BCUT2D eigenvalue weighted by molar-refractivity contribution is 5.80. The maximum Gasteiger partial charge on any atom is 0.220 e. The number of nitrogens with two attached hydrogens (primary N) is 1. The molecular weight excluding hydrogens is 490 g/mol. The van der Waals surface area contributed by atoms with Gasteiger partial charge in [-0.05, 0) is 12.8 Å². The summed E-state index contributed by atoms with van der Waals surface area (Å²) in [4.78, 5) is 16.2. The molecule has 2 saturated heterocycles. The Balaban J connectivity index is 2.00. The standard InChI is InChI=1S/C24H45N3O10/c1-3-5-7-9-15(25)26-11-13-17(29)19(31)21(33)23(35-13)37-24-22(34)20(32)18(30)14(36-24)12-27-16(28)10-8-6-4-2/h13-14,17-24,29-34H,3-12H2,1-2H3,(H2,25,26)(H,27,28)/t13-,14-,17-,18-,19+,20+,21-,22-,23-,24?/m1/s1. The first kappa shape index (κ1) is 31.8. The summed E-state index contributed by atoms with van der Waals surface area (Å²) in [5.74, 6) is 0.118. The van der Waals surface area contributed by atoms with E-state index in [0.29, 0.717) is 25.1 Å². The van der Waals surface area contributed by atoms with Gasteiger partial charge in [0.2, 0.25) is 5.91 Å². The molecule has 2 heterocycles. The van der Waals surface area contributed by atoms with E-state index in [9.17, 15) is 35.4 Å². The van der Waals surface area contributed by atoms with E-state index in [1.807, 2.05) is 6.92 Å². The van der Waals surface area contributed by atoms with E-state index in [1.54, 1.807) is 0 Å². The van der Waals surface area contributed by atoms with Crippen LogP contribution in [0.5, 0.6) is 0 Å². The topological polar surface area (TPSA) is 217 Å². The molecule has 0 aromatic heterocycles. The molecule has 0 aliphatic carbocycles. The van der Waals surface area contributed by atoms with Crippen molar-refractivity contribution < 1.29 is 49.6 Å². The normalized spacial score (nSPS) is 36.9. The van der Waals surface area contributed by atoms with Gasteiger partial charge in [-0.15, -0.1) is 0 Å². The Morgan fingerprint density at radius 2 is 1.30 bits per heavy atom. The second-order valence-corrected chi connectivity index (χ2v) is 9.72. The molecule has 216 valence electrons. The van der Waals surface area contributed by atoms with Crippen LogP contribution in [0.2, 0.25) is 0 Å². The number of rotatable bonds is 14. The molecule has 13 heteroatoms. The largest absolute Gasteiger partial charge is 0.388 e. The van der Waals surface area contributed by atoms with Crippen molar-refractivity contribution in [3.63, 3.8) is 0 Å². The molecule has 9 N–H and O–H groups in total. The number of unbranched alkanes of at least 4 members (excludes halogenated alkanes) is 4. The van der Waals surface area contributed by atoms with E-state index in [2.05, 4.69) is 17.2 Å². The van der Waals surface area contributed by atoms with E-state index in [1.165, 1.54) is 0 Å². The second-order valence-electron chi connectivity index (χ2n) is 9.72. The second kappa shape index (κ2) is 15.9. The molecule has 0 spiro atoms. The lowest BCUT2D eigenvalue weighted by Crippen LogP contribution is -2.64. The summed E-state index contributed by atoms with van der Waals surface area (Å²) in [6.45, 7) is 3.82. The zero-order chi connectivity index (χ0) is 27.5. The lowest BCUT2D eigenvalue weighted by molar-refractivity contribution is -0.372. The van der Waals surface area contributed by atoms with Crippen molar-refractivity contribution >= 4 is 11.7 Å². The van der Waals surface area contributed by atoms with Gasteiger partial charge in [0, 0.05) is 19.4 Å². The smallest absolute Gasteiger partial charge is 0.220 e. The number of ether oxygens (including phenoxy) is 3. The van der Waals surface area contributed by atoms with Gasteiger partial charge in [0.15, 0.2) is 12.6 Å². The Morgan fingerprint density at radius 1 is 0.784 bits per heavy atom. The Kier molecular flexibility index (Phi) is 13.6. The summed E-state index contributed by atoms with van der Waals surface area (Å²) in [5, 5.41) is 64.7. The lowest BCUT2D eigenvalue weighted by Gasteiger charge is -2.44. The number of hydrogen-bond acceptors (Lipinski definition) is 11. The Bertz CT molecular complexity index is 714. The van der Waals surface area contributed by atoms with Crippen LogP contribution >= 0.6 is 0 Å². The van der Waals surface area contributed by atoms with Crippen LogP contribution in [0.4, 0.5) is 0 Å². The van der Waals surface area contributed by atoms with Gasteiger partial charge in [0.1, 0.15) is 48.8 Å². The van der Waals surface area contributed by atoms with Gasteiger partial charge in [-0.1, -0.05) is 39.5 Å². The quantitative estimate of drug-likeness (QED) is 0.0709. The van der Waals surface area contributed by atoms with Crippen molar-refractivity contribution in [3.8, 4) is 0 Å². The summed E-state index contributed by atoms with van der Waals surface area (Å²) < 4.78 is 16.7. The molecular formula is C24H45N3O10. The number of aliphatic hydroxyl groups excluding tert-OH is 6. The number of carbonyl (C=O) groups is 1. The predicted molar refractivity (Wildman–Crippen MR) is 132 cm³/mol. The summed E-state index contributed by atoms with van der Waals surface area (Å²) in [5.41, 5.74) is 5.90. The van der Waals surface area contributed by atoms with Crippen LogP contribution < -0.4 is 11.1 Å². The van der Waals surface area contributed by atoms with Gasteiger partial charge in [-0.2, -0.15) is 0 Å². The molecule has 0 bridgehead atoms. The maximum atomic E-state index is 12.0. The van der Waals surface area contributed by atoms with E-state index in [4.69, 9.17) is 19.9 Å². The molecule has 0 aromatic carbocycles. The number of nitrogens with zero attached hydrogens (tertiary/aromatic N) is 1. The highest BCUT2D eigenvalue weighted by atomic mass is 16.8. The molecule has 1 unspecified atom stereocenters. The summed E-state index contributed by atoms with van der Waals surface area (Å²) in [7, 11) is 0. The third-order valence-corrected chi connectivity index (χ3v) is 6.62. The molecule has 2 aliphatic rings. The SMILES string of the molecule is CCCCCC(=O)NC[C@H]1OC(O[C@H]2O[C@H](CN=C(N)CCCCC)[C@@H](O)[C@H](O)[C@H]2O)[C@H](O)[C@@H](O)[C@@H]1O. The average Bonchev–Trinajstić information content (AvgIpc) is 2.88. The zero-order valence-electron chi connectivity index (χ0n) is 21.7. The van der Waals surface area contributed by atoms with Crippen LogP contribution in [-0.2, 0) is 19.0 Å². The minimum atomic E-state index is -1.73. The van der Waals surface area contributed by atoms with Crippen LogP contribution in [0.25, 0.3) is 0 Å². The minimum absolute atomic E-state index is 0.106. The Hall–Kier alpha value is -1.42. The van der Waals surface area contributed by atoms with Crippen molar-refractivity contribution in [2.45, 2.75) is 127 Å². The third-order valence-electron chi connectivity index (χ3n) is 6.62. The number of hydrogen-bond donors (Lipinski definition) is 8. The molecule has 0 radical (unpaired) electrons. The summed E-state index contributed by atoms with van der Waals surface area (Å²) in [6.07, 6.45) is -8.81. The van der Waals surface area contributed by atoms with Crippen molar-refractivity contribution in [2.24, 2.45) is 10.7 Å². The first-order valence-corrected chi connectivity index (χ1v) is 13.2. The Labute approximate surface area is 217 Å². The minimum Gasteiger partial charge on any atom is -0.388 e. The molecule has 0 saturated carbocycles. The molecule has 13 nitrogen and oxygen atoms in total. The maximum absolute atomic E-state index is 12.0. The predicted octanol–water partition coefficient (Wildman–Crippen LogP) is -1.75. The van der Waals surface area contributed by atoms with Gasteiger partial charge < -0.3 is 55.9 Å². The number of amides is 1. The molecule has 2 rings (SSSR count). The van der Waals surface area contributed by atoms with E-state index in [-0.39, 0.29) is 19.0 Å². The van der Waals surface area contributed by atoms with Crippen molar-refractivity contribution in [1.29, 1.82) is 0 Å². The fourth-order valence-corrected chi connectivity index (χ4v) is 4.19. The molecule has 10 atom stereocenters. The number of aliphatic imine (C=N–C) groups is 1. The van der Waals surface area contributed by atoms with Gasteiger partial charge in [-0.3, -0.25) is 9.79 Å². The van der Waals surface area contributed by atoms with E-state index in [0.717, 1.165) is 32.1 Å². The zero-order valence-corrected chi connectivity index (χ0v) is 21.7. The fourth-order valence-electron chi connectivity index (χ4n) is 4.19. The number of nitrogens with one attached hydrogen (secondary N) is 1. The van der Waals surface area contributed by atoms with Gasteiger partial charge in [0.05, 0.1) is 12.4 Å². The van der Waals surface area contributed by atoms with E-state index >= 15 is 0 Å². The van der Waals surface area contributed by atoms with E-state index < -0.39 is 61.4 Å². The van der Waals surface area contributed by atoms with Crippen LogP contribution in [0.3, 0.4) is 0 Å². The lowest BCUT2D eigenvalue weighted by atomic mass is 9.97. The number of amidine groups is 1. The van der Waals surface area contributed by atoms with Gasteiger partial charge >= 0.3 is 0 Å². The highest BCUT2D eigenvalue weighted by Crippen LogP contribution is 2.28. The summed E-state index contributed by atoms with van der Waals surface area (Å²) in [6, 6.07) is 0. The van der Waals surface area contributed by atoms with Gasteiger partial charge in [-0.25, -0.2) is 0 Å². The first-order chi connectivity index (χ1) is 17.6. The average molecular weight is 536 g/mol. The monoisotopic (exact) mass is 535 g/mol. The van der Waals surface area contributed by atoms with Crippen molar-refractivity contribution in [2.75, 3.05) is 13.1 Å². The molecule has 2 fully saturated rings. The van der Waals surface area contributed by atoms with Crippen LogP contribution in [-0.4, -0.2) is 117 Å². The molecule has 37 heavy (non-hydrogen) atoms. The molecule has 0 aromatic rings. The van der Waals surface area contributed by atoms with Crippen LogP contribution in [0, 0.1) is 0 Å². The van der Waals surface area contributed by atoms with Crippen LogP contribution in [0.15, 0.2) is 4.99 Å². The first-order valence-electron chi connectivity index (χ1n) is 13.2. The van der Waals surface area contributed by atoms with Gasteiger partial charge in [0.25, 0.3) is 0 Å². The molecule has 1 amide bonds. The van der Waals surface area contributed by atoms with Crippen molar-refractivity contribution in [3.05, 3.63) is 0 Å². The molecule has 2 aliphatic heterocycles.